The molecule has 3 rings (SSSR count). The predicted molar refractivity (Wildman–Crippen MR) is 88.9 cm³/mol. The first kappa shape index (κ1) is 15.1. The average Bonchev–Trinajstić information content (AvgIpc) is 3.10. The number of hydrogen-bond acceptors (Lipinski definition) is 5. The molecule has 0 unspecified atom stereocenters. The molecule has 0 saturated carbocycles. The Hall–Kier alpha value is -1.79. The Balaban J connectivity index is 1.67. The molecule has 0 aliphatic carbocycles. The second kappa shape index (κ2) is 6.98. The number of aromatic nitrogens is 1. The summed E-state index contributed by atoms with van der Waals surface area (Å²) in [5.41, 5.74) is 1.61. The van der Waals surface area contributed by atoms with E-state index in [4.69, 9.17) is 4.42 Å². The molecule has 1 saturated heterocycles. The van der Waals surface area contributed by atoms with Crippen LogP contribution in [0.15, 0.2) is 41.1 Å². The van der Waals surface area contributed by atoms with Crippen molar-refractivity contribution in [2.75, 3.05) is 29.9 Å². The third-order valence-corrected chi connectivity index (χ3v) is 4.72. The minimum Gasteiger partial charge on any atom is -0.445 e. The summed E-state index contributed by atoms with van der Waals surface area (Å²) < 4.78 is 5.29. The number of carbonyl (C=O) groups is 1. The molecule has 116 valence electrons. The zero-order chi connectivity index (χ0) is 15.4. The minimum absolute atomic E-state index is 0.0245. The van der Waals surface area contributed by atoms with Crippen LogP contribution in [0, 0.1) is 0 Å². The van der Waals surface area contributed by atoms with E-state index in [0.717, 1.165) is 35.8 Å². The molecule has 1 aromatic carbocycles. The van der Waals surface area contributed by atoms with E-state index in [0.29, 0.717) is 5.89 Å². The van der Waals surface area contributed by atoms with Gasteiger partial charge in [0.2, 0.25) is 11.8 Å². The van der Waals surface area contributed by atoms with Crippen molar-refractivity contribution in [2.45, 2.75) is 13.0 Å². The fraction of sp³-hybridized carbons (Fsp3) is 0.375. The number of hydrogen-bond donors (Lipinski definition) is 1. The van der Waals surface area contributed by atoms with Crippen LogP contribution in [0.3, 0.4) is 0 Å². The summed E-state index contributed by atoms with van der Waals surface area (Å²) in [6, 6.07) is 7.43. The third kappa shape index (κ3) is 3.51. The summed E-state index contributed by atoms with van der Waals surface area (Å²) in [6.07, 6.45) is 3.15. The lowest BCUT2D eigenvalue weighted by Gasteiger charge is -2.31. The third-order valence-electron chi connectivity index (χ3n) is 3.78. The van der Waals surface area contributed by atoms with Gasteiger partial charge in [-0.25, -0.2) is 4.98 Å². The molecule has 1 aromatic heterocycles. The van der Waals surface area contributed by atoms with Crippen LogP contribution in [0.5, 0.6) is 0 Å². The molecule has 22 heavy (non-hydrogen) atoms. The van der Waals surface area contributed by atoms with Gasteiger partial charge in [-0.15, -0.1) is 0 Å². The molecule has 0 bridgehead atoms. The van der Waals surface area contributed by atoms with Crippen LogP contribution in [-0.4, -0.2) is 46.4 Å². The van der Waals surface area contributed by atoms with E-state index in [2.05, 4.69) is 15.2 Å². The molecule has 1 amide bonds. The number of amides is 1. The molecule has 2 aromatic rings. The lowest BCUT2D eigenvalue weighted by Crippen LogP contribution is -2.46. The number of nitrogens with one attached hydrogen (secondary N) is 1. The van der Waals surface area contributed by atoms with Gasteiger partial charge in [-0.2, -0.15) is 11.8 Å². The van der Waals surface area contributed by atoms with Gasteiger partial charge in [0.1, 0.15) is 6.26 Å². The van der Waals surface area contributed by atoms with Crippen LogP contribution in [0.1, 0.15) is 6.92 Å². The second-order valence-corrected chi connectivity index (χ2v) is 6.46. The number of nitrogens with zero attached hydrogens (tertiary/aromatic N) is 2. The number of rotatable bonds is 4. The average molecular weight is 317 g/mol. The summed E-state index contributed by atoms with van der Waals surface area (Å²) in [5, 5.41) is 2.98. The highest BCUT2D eigenvalue weighted by molar-refractivity contribution is 7.99. The van der Waals surface area contributed by atoms with Crippen molar-refractivity contribution in [3.63, 3.8) is 0 Å². The SMILES string of the molecule is C[C@H](C(=O)Nc1cccc(-c2ncco2)c1)N1CCSCC1. The maximum absolute atomic E-state index is 12.4. The topological polar surface area (TPSA) is 58.4 Å². The Morgan fingerprint density at radius 2 is 2.23 bits per heavy atom. The summed E-state index contributed by atoms with van der Waals surface area (Å²) in [6.45, 7) is 3.90. The highest BCUT2D eigenvalue weighted by atomic mass is 32.2. The van der Waals surface area contributed by atoms with Crippen LogP contribution >= 0.6 is 11.8 Å². The highest BCUT2D eigenvalue weighted by Crippen LogP contribution is 2.21. The van der Waals surface area contributed by atoms with Crippen LogP contribution in [0.4, 0.5) is 5.69 Å². The standard InChI is InChI=1S/C16H19N3O2S/c1-12(19-6-9-22-10-7-19)15(20)18-14-4-2-3-13(11-14)16-17-5-8-21-16/h2-5,8,11-12H,6-7,9-10H2,1H3,(H,18,20)/t12-/m1/s1. The van der Waals surface area contributed by atoms with E-state index < -0.39 is 0 Å². The second-order valence-electron chi connectivity index (χ2n) is 5.23. The number of anilines is 1. The van der Waals surface area contributed by atoms with Crippen molar-refractivity contribution < 1.29 is 9.21 Å². The Labute approximate surface area is 134 Å². The number of thioether (sulfide) groups is 1. The van der Waals surface area contributed by atoms with Gasteiger partial charge in [0, 0.05) is 35.8 Å². The van der Waals surface area contributed by atoms with E-state index >= 15 is 0 Å². The molecule has 6 heteroatoms. The van der Waals surface area contributed by atoms with Crippen molar-refractivity contribution in [3.05, 3.63) is 36.7 Å². The number of oxazole rings is 1. The number of benzene rings is 1. The van der Waals surface area contributed by atoms with E-state index in [1.165, 1.54) is 6.26 Å². The maximum atomic E-state index is 12.4. The van der Waals surface area contributed by atoms with Crippen LogP contribution in [-0.2, 0) is 4.79 Å². The molecule has 0 radical (unpaired) electrons. The molecule has 1 fully saturated rings. The lowest BCUT2D eigenvalue weighted by atomic mass is 10.2. The Morgan fingerprint density at radius 1 is 1.41 bits per heavy atom. The minimum atomic E-state index is -0.119. The first-order chi connectivity index (χ1) is 10.7. The predicted octanol–water partition coefficient (Wildman–Crippen LogP) is 2.72. The lowest BCUT2D eigenvalue weighted by molar-refractivity contribution is -0.120. The van der Waals surface area contributed by atoms with E-state index in [-0.39, 0.29) is 11.9 Å². The molecule has 5 nitrogen and oxygen atoms in total. The Morgan fingerprint density at radius 3 is 2.95 bits per heavy atom. The zero-order valence-corrected chi connectivity index (χ0v) is 13.3. The molecule has 1 aliphatic rings. The first-order valence-electron chi connectivity index (χ1n) is 7.36. The van der Waals surface area contributed by atoms with Crippen molar-refractivity contribution in [1.82, 2.24) is 9.88 Å². The smallest absolute Gasteiger partial charge is 0.241 e. The summed E-state index contributed by atoms with van der Waals surface area (Å²) in [5.74, 6) is 2.77. The number of carbonyl (C=O) groups excluding carboxylic acids is 1. The molecular formula is C16H19N3O2S. The van der Waals surface area contributed by atoms with Crippen LogP contribution in [0.25, 0.3) is 11.5 Å². The fourth-order valence-corrected chi connectivity index (χ4v) is 3.40. The van der Waals surface area contributed by atoms with Crippen LogP contribution in [0.2, 0.25) is 0 Å². The van der Waals surface area contributed by atoms with Crippen molar-refractivity contribution in [3.8, 4) is 11.5 Å². The zero-order valence-electron chi connectivity index (χ0n) is 12.5. The van der Waals surface area contributed by atoms with E-state index in [1.807, 2.05) is 43.0 Å². The first-order valence-corrected chi connectivity index (χ1v) is 8.52. The fourth-order valence-electron chi connectivity index (χ4n) is 2.47. The monoisotopic (exact) mass is 317 g/mol. The van der Waals surface area contributed by atoms with E-state index in [1.54, 1.807) is 6.20 Å². The normalized spacial score (nSPS) is 17.1. The van der Waals surface area contributed by atoms with Gasteiger partial charge >= 0.3 is 0 Å². The molecule has 2 heterocycles. The van der Waals surface area contributed by atoms with Gasteiger partial charge in [0.05, 0.1) is 12.2 Å². The molecule has 1 N–H and O–H groups in total. The Bertz CT molecular complexity index is 624. The maximum Gasteiger partial charge on any atom is 0.241 e. The van der Waals surface area contributed by atoms with Gasteiger partial charge in [-0.3, -0.25) is 9.69 Å². The van der Waals surface area contributed by atoms with Crippen molar-refractivity contribution in [2.24, 2.45) is 0 Å². The van der Waals surface area contributed by atoms with Gasteiger partial charge in [-0.1, -0.05) is 6.07 Å². The van der Waals surface area contributed by atoms with Gasteiger partial charge in [-0.05, 0) is 25.1 Å². The Kier molecular flexibility index (Phi) is 4.80. The van der Waals surface area contributed by atoms with Crippen molar-refractivity contribution >= 4 is 23.4 Å². The van der Waals surface area contributed by atoms with Gasteiger partial charge < -0.3 is 9.73 Å². The summed E-state index contributed by atoms with van der Waals surface area (Å²) in [7, 11) is 0. The largest absolute Gasteiger partial charge is 0.445 e. The van der Waals surface area contributed by atoms with Crippen LogP contribution < -0.4 is 5.32 Å². The molecule has 1 aliphatic heterocycles. The highest BCUT2D eigenvalue weighted by Gasteiger charge is 2.23. The van der Waals surface area contributed by atoms with Crippen molar-refractivity contribution in [1.29, 1.82) is 0 Å². The summed E-state index contributed by atoms with van der Waals surface area (Å²) >= 11 is 1.94. The quantitative estimate of drug-likeness (QED) is 0.939. The molecule has 0 spiro atoms. The van der Waals surface area contributed by atoms with E-state index in [9.17, 15) is 4.79 Å². The molecule has 1 atom stereocenters. The van der Waals surface area contributed by atoms with Gasteiger partial charge in [0.25, 0.3) is 0 Å². The van der Waals surface area contributed by atoms with Gasteiger partial charge in [0.15, 0.2) is 0 Å². The molecular weight excluding hydrogens is 298 g/mol. The summed E-state index contributed by atoms with van der Waals surface area (Å²) in [4.78, 5) is 18.8.